The molecule has 0 aliphatic rings. The molecule has 0 heterocycles. The van der Waals surface area contributed by atoms with Gasteiger partial charge in [-0.1, -0.05) is 6.92 Å². The van der Waals surface area contributed by atoms with E-state index in [0.717, 1.165) is 0 Å². The van der Waals surface area contributed by atoms with Crippen LogP contribution < -0.4 is 4.72 Å². The van der Waals surface area contributed by atoms with Gasteiger partial charge in [0.25, 0.3) is 10.0 Å². The average molecular weight is 627 g/mol. The Labute approximate surface area is 189 Å². The van der Waals surface area contributed by atoms with E-state index in [2.05, 4.69) is 0 Å². The Bertz CT molecular complexity index is 949. The Balaban J connectivity index is 7.22. The van der Waals surface area contributed by atoms with Gasteiger partial charge in [-0.25, -0.2) is 13.1 Å². The minimum Gasteiger partial charge on any atom is -0.210 e. The molecule has 3 nitrogen and oxygen atoms in total. The minimum absolute atomic E-state index is 0.255. The summed E-state index contributed by atoms with van der Waals surface area (Å²) >= 11 is 0. The molecule has 0 aliphatic heterocycles. The van der Waals surface area contributed by atoms with Gasteiger partial charge < -0.3 is 0 Å². The van der Waals surface area contributed by atoms with Gasteiger partial charge in [0.05, 0.1) is 0 Å². The molecular weight excluding hydrogens is 621 g/mol. The smallest absolute Gasteiger partial charge is 0.210 e. The lowest BCUT2D eigenvalue weighted by atomic mass is 9.87. The fourth-order valence-electron chi connectivity index (χ4n) is 1.99. The summed E-state index contributed by atoms with van der Waals surface area (Å²) in [5, 5.41) is -7.72. The van der Waals surface area contributed by atoms with Crippen molar-refractivity contribution < 1.29 is 101 Å². The third-order valence-electron chi connectivity index (χ3n) is 4.15. The monoisotopic (exact) mass is 627 g/mol. The van der Waals surface area contributed by atoms with Gasteiger partial charge in [-0.05, 0) is 0 Å². The van der Waals surface area contributed by atoms with Crippen LogP contribution in [0.2, 0.25) is 0 Å². The highest BCUT2D eigenvalue weighted by molar-refractivity contribution is 7.90. The van der Waals surface area contributed by atoms with Gasteiger partial charge in [0.15, 0.2) is 0 Å². The predicted octanol–water partition coefficient (Wildman–Crippen LogP) is 6.16. The molecule has 0 rings (SSSR count). The second-order valence-electron chi connectivity index (χ2n) is 6.61. The van der Waals surface area contributed by atoms with E-state index in [1.807, 2.05) is 0 Å². The summed E-state index contributed by atoms with van der Waals surface area (Å²) < 4.78 is 298. The first-order chi connectivity index (χ1) is 15.6. The predicted molar refractivity (Wildman–Crippen MR) is 73.2 cm³/mol. The van der Waals surface area contributed by atoms with E-state index in [1.54, 1.807) is 0 Å². The van der Waals surface area contributed by atoms with Crippen LogP contribution >= 0.6 is 0 Å². The second-order valence-corrected chi connectivity index (χ2v) is 8.42. The maximum atomic E-state index is 13.5. The highest BCUT2D eigenvalue weighted by Crippen LogP contribution is 2.66. The van der Waals surface area contributed by atoms with Gasteiger partial charge in [-0.3, -0.25) is 0 Å². The number of hydrogen-bond acceptors (Lipinski definition) is 2. The van der Waals surface area contributed by atoms with E-state index in [-0.39, 0.29) is 4.72 Å². The summed E-state index contributed by atoms with van der Waals surface area (Å²) in [7, 11) is -7.35. The number of halogens is 21. The fourth-order valence-corrected chi connectivity index (χ4v) is 3.02. The standard InChI is InChI=1S/C12H6F21NO2S/c1-2-34-37(35,36)12(32,33)10(27,28)8(23,24)6(19,20)4(15,16)3(13,14)5(17,18)7(21,22)9(25,26)11(29,30)31/h34H,2H2,1H3. The van der Waals surface area contributed by atoms with Crippen LogP contribution in [0, 0.1) is 0 Å². The van der Waals surface area contributed by atoms with Gasteiger partial charge in [0.1, 0.15) is 0 Å². The third kappa shape index (κ3) is 4.24. The molecule has 0 amide bonds. The van der Waals surface area contributed by atoms with Gasteiger partial charge in [0.2, 0.25) is 0 Å². The average Bonchev–Trinajstić information content (AvgIpc) is 2.65. The van der Waals surface area contributed by atoms with Crippen molar-refractivity contribution in [1.82, 2.24) is 4.72 Å². The maximum absolute atomic E-state index is 13.5. The SMILES string of the molecule is CCNS(=O)(=O)C(F)(F)C(F)(F)C(F)(F)C(F)(F)C(F)(F)C(F)(F)C(F)(F)C(F)(F)C(F)(F)C(F)(F)F. The summed E-state index contributed by atoms with van der Waals surface area (Å²) in [6.45, 7) is -1.04. The van der Waals surface area contributed by atoms with Gasteiger partial charge in [0, 0.05) is 6.54 Å². The molecule has 0 fully saturated rings. The van der Waals surface area contributed by atoms with Crippen molar-refractivity contribution in [1.29, 1.82) is 0 Å². The molecule has 0 aliphatic carbocycles. The van der Waals surface area contributed by atoms with E-state index in [1.165, 1.54) is 0 Å². The molecule has 0 aromatic carbocycles. The van der Waals surface area contributed by atoms with Crippen LogP contribution in [0.4, 0.5) is 92.2 Å². The normalized spacial score (nSPS) is 16.8. The number of nitrogens with one attached hydrogen (secondary N) is 1. The van der Waals surface area contributed by atoms with Crippen molar-refractivity contribution in [3.63, 3.8) is 0 Å². The lowest BCUT2D eigenvalue weighted by Crippen LogP contribution is -2.77. The topological polar surface area (TPSA) is 46.2 Å². The molecule has 37 heavy (non-hydrogen) atoms. The highest BCUT2D eigenvalue weighted by atomic mass is 32.2. The van der Waals surface area contributed by atoms with Crippen LogP contribution in [0.3, 0.4) is 0 Å². The van der Waals surface area contributed by atoms with Crippen molar-refractivity contribution in [3.05, 3.63) is 0 Å². The summed E-state index contributed by atoms with van der Waals surface area (Å²) in [5.74, 6) is -72.0. The van der Waals surface area contributed by atoms with Crippen molar-refractivity contribution in [2.45, 2.75) is 65.7 Å². The molecular formula is C12H6F21NO2S. The summed E-state index contributed by atoms with van der Waals surface area (Å²) in [6, 6.07) is 0. The Hall–Kier alpha value is -1.56. The van der Waals surface area contributed by atoms with Crippen LogP contribution in [0.25, 0.3) is 0 Å². The zero-order chi connectivity index (χ0) is 30.9. The van der Waals surface area contributed by atoms with Gasteiger partial charge in [-0.15, -0.1) is 0 Å². The first-order valence-electron chi connectivity index (χ1n) is 8.02. The quantitative estimate of drug-likeness (QED) is 0.279. The van der Waals surface area contributed by atoms with Crippen LogP contribution in [0.1, 0.15) is 6.92 Å². The first kappa shape index (κ1) is 35.4. The van der Waals surface area contributed by atoms with Crippen molar-refractivity contribution in [2.24, 2.45) is 0 Å². The van der Waals surface area contributed by atoms with Crippen molar-refractivity contribution in [3.8, 4) is 0 Å². The molecule has 0 unspecified atom stereocenters. The number of rotatable bonds is 11. The number of alkyl halides is 21. The summed E-state index contributed by atoms with van der Waals surface area (Å²) in [6.07, 6.45) is -8.06. The molecule has 0 bridgehead atoms. The van der Waals surface area contributed by atoms with Crippen LogP contribution in [-0.2, 0) is 10.0 Å². The van der Waals surface area contributed by atoms with E-state index in [4.69, 9.17) is 0 Å². The lowest BCUT2D eigenvalue weighted by molar-refractivity contribution is -0.472. The van der Waals surface area contributed by atoms with Gasteiger partial charge >= 0.3 is 58.8 Å². The first-order valence-corrected chi connectivity index (χ1v) is 9.50. The molecule has 0 aromatic heterocycles. The minimum atomic E-state index is -9.32. The van der Waals surface area contributed by atoms with E-state index < -0.39 is 75.4 Å². The highest BCUT2D eigenvalue weighted by Gasteiger charge is 2.98. The number of hydrogen-bond donors (Lipinski definition) is 1. The molecule has 0 saturated heterocycles. The Kier molecular flexibility index (Phi) is 8.36. The van der Waals surface area contributed by atoms with Crippen LogP contribution in [0.5, 0.6) is 0 Å². The van der Waals surface area contributed by atoms with Crippen LogP contribution in [-0.4, -0.2) is 73.8 Å². The van der Waals surface area contributed by atoms with E-state index >= 15 is 0 Å². The second kappa shape index (κ2) is 8.72. The molecule has 25 heteroatoms. The zero-order valence-corrected chi connectivity index (χ0v) is 17.2. The third-order valence-corrected chi connectivity index (χ3v) is 5.75. The molecule has 224 valence electrons. The van der Waals surface area contributed by atoms with Crippen molar-refractivity contribution in [2.75, 3.05) is 6.54 Å². The molecule has 0 saturated carbocycles. The zero-order valence-electron chi connectivity index (χ0n) is 16.4. The molecule has 0 atom stereocenters. The molecule has 0 spiro atoms. The van der Waals surface area contributed by atoms with Crippen molar-refractivity contribution >= 4 is 10.0 Å². The van der Waals surface area contributed by atoms with Crippen LogP contribution in [0.15, 0.2) is 0 Å². The molecule has 0 aromatic rings. The molecule has 1 N–H and O–H groups in total. The van der Waals surface area contributed by atoms with E-state index in [0.29, 0.717) is 6.92 Å². The fraction of sp³-hybridized carbons (Fsp3) is 1.00. The Morgan fingerprint density at radius 1 is 0.432 bits per heavy atom. The Morgan fingerprint density at radius 2 is 0.649 bits per heavy atom. The van der Waals surface area contributed by atoms with E-state index in [9.17, 15) is 101 Å². The number of sulfonamides is 1. The summed E-state index contributed by atoms with van der Waals surface area (Å²) in [5.41, 5.74) is 0. The van der Waals surface area contributed by atoms with Gasteiger partial charge in [-0.2, -0.15) is 92.2 Å². The lowest BCUT2D eigenvalue weighted by Gasteiger charge is -2.44. The molecule has 0 radical (unpaired) electrons. The Morgan fingerprint density at radius 3 is 0.865 bits per heavy atom. The largest absolute Gasteiger partial charge is 0.460 e. The maximum Gasteiger partial charge on any atom is 0.460 e. The summed E-state index contributed by atoms with van der Waals surface area (Å²) in [4.78, 5) is 0.